The van der Waals surface area contributed by atoms with E-state index >= 15 is 0 Å². The number of amides is 1. The fraction of sp³-hybridized carbons (Fsp3) is 0.346. The van der Waals surface area contributed by atoms with Gasteiger partial charge in [0.1, 0.15) is 10.6 Å². The summed E-state index contributed by atoms with van der Waals surface area (Å²) in [6, 6.07) is 5.78. The molecule has 3 rings (SSSR count). The Morgan fingerprint density at radius 3 is 2.26 bits per heavy atom. The van der Waals surface area contributed by atoms with Gasteiger partial charge in [-0.25, -0.2) is 17.2 Å². The van der Waals surface area contributed by atoms with E-state index in [1.165, 1.54) is 24.6 Å². The predicted molar refractivity (Wildman–Crippen MR) is 136 cm³/mol. The number of fused-ring (bicyclic) bond motifs is 1. The molecule has 9 heteroatoms. The van der Waals surface area contributed by atoms with Crippen molar-refractivity contribution in [2.45, 2.75) is 58.2 Å². The molecule has 0 bridgehead atoms. The minimum atomic E-state index is -4.18. The lowest BCUT2D eigenvalue weighted by molar-refractivity contribution is 0.0945. The molecule has 0 aliphatic heterocycles. The molecule has 2 N–H and O–H groups in total. The third-order valence-electron chi connectivity index (χ3n) is 5.28. The minimum absolute atomic E-state index is 0.0347. The summed E-state index contributed by atoms with van der Waals surface area (Å²) < 4.78 is 56.9. The molecule has 2 heterocycles. The third kappa shape index (κ3) is 6.91. The van der Waals surface area contributed by atoms with Gasteiger partial charge >= 0.3 is 0 Å². The molecular weight excluding hydrogens is 472 g/mol. The van der Waals surface area contributed by atoms with Gasteiger partial charge in [-0.3, -0.25) is 4.79 Å². The van der Waals surface area contributed by atoms with E-state index in [0.29, 0.717) is 6.54 Å². The van der Waals surface area contributed by atoms with Crippen molar-refractivity contribution in [3.05, 3.63) is 77.3 Å². The molecule has 1 amide bonds. The van der Waals surface area contributed by atoms with Crippen molar-refractivity contribution in [2.24, 2.45) is 0 Å². The summed E-state index contributed by atoms with van der Waals surface area (Å²) in [5, 5.41) is 1.16. The van der Waals surface area contributed by atoms with Crippen molar-refractivity contribution in [1.82, 2.24) is 14.9 Å². The molecule has 190 valence electrons. The largest absolute Gasteiger partial charge is 0.353 e. The highest BCUT2D eigenvalue weighted by Gasteiger charge is 2.33. The number of hydrogen-bond donors (Lipinski definition) is 2. The van der Waals surface area contributed by atoms with Crippen molar-refractivity contribution >= 4 is 26.6 Å². The van der Waals surface area contributed by atoms with Crippen LogP contribution in [-0.4, -0.2) is 35.7 Å². The van der Waals surface area contributed by atoms with E-state index < -0.39 is 42.9 Å². The number of hydrogen-bond acceptors (Lipinski definition) is 3. The van der Waals surface area contributed by atoms with E-state index in [2.05, 4.69) is 30.2 Å². The molecule has 1 aromatic carbocycles. The number of sulfone groups is 1. The van der Waals surface area contributed by atoms with Crippen LogP contribution in [0.1, 0.15) is 52.0 Å². The van der Waals surface area contributed by atoms with Crippen LogP contribution in [0.3, 0.4) is 0 Å². The predicted octanol–water partition coefficient (Wildman–Crippen LogP) is 5.78. The Labute approximate surface area is 205 Å². The van der Waals surface area contributed by atoms with Gasteiger partial charge in [-0.2, -0.15) is 0 Å². The number of allylic oxidation sites excluding steroid dienone is 3. The molecule has 3 aromatic rings. The van der Waals surface area contributed by atoms with Gasteiger partial charge in [0, 0.05) is 25.5 Å². The number of nitrogens with one attached hydrogen (secondary N) is 2. The zero-order valence-corrected chi connectivity index (χ0v) is 21.8. The topological polar surface area (TPSA) is 84.0 Å². The third-order valence-corrected chi connectivity index (χ3v) is 7.37. The summed E-state index contributed by atoms with van der Waals surface area (Å²) in [7, 11) is -4.18. The minimum Gasteiger partial charge on any atom is -0.353 e. The zero-order chi connectivity index (χ0) is 26.3. The fourth-order valence-corrected chi connectivity index (χ4v) is 5.02. The monoisotopic (exact) mass is 505 g/mol. The van der Waals surface area contributed by atoms with Crippen LogP contribution in [0, 0.1) is 11.6 Å². The van der Waals surface area contributed by atoms with Gasteiger partial charge in [0.25, 0.3) is 5.91 Å². The molecule has 0 spiro atoms. The molecular formula is C26H33F2N3O3S. The van der Waals surface area contributed by atoms with Crippen LogP contribution in [0.5, 0.6) is 0 Å². The van der Waals surface area contributed by atoms with Gasteiger partial charge < -0.3 is 14.9 Å². The first-order valence-corrected chi connectivity index (χ1v) is 12.8. The average molecular weight is 506 g/mol. The first-order valence-electron chi connectivity index (χ1n) is 11.3. The van der Waals surface area contributed by atoms with Crippen LogP contribution in [0.4, 0.5) is 8.78 Å². The number of carbonyl (C=O) groups is 1. The molecule has 2 aromatic heterocycles. The van der Waals surface area contributed by atoms with Crippen molar-refractivity contribution in [1.29, 1.82) is 0 Å². The highest BCUT2D eigenvalue weighted by molar-refractivity contribution is 7.92. The molecule has 1 unspecified atom stereocenters. The summed E-state index contributed by atoms with van der Waals surface area (Å²) in [6.45, 7) is 11.8. The van der Waals surface area contributed by atoms with Crippen molar-refractivity contribution in [2.75, 3.05) is 6.54 Å². The maximum absolute atomic E-state index is 14.6. The number of rotatable bonds is 7. The first-order chi connectivity index (χ1) is 16.4. The highest BCUT2D eigenvalue weighted by atomic mass is 32.2. The number of aromatic nitrogens is 2. The van der Waals surface area contributed by atoms with Crippen LogP contribution in [0.25, 0.3) is 10.9 Å². The first kappa shape index (κ1) is 28.0. The number of benzene rings is 1. The SMILES string of the molecule is CC(C)=CC(C)S(=O)(=O)c1c(C(=O)NCCn2cccc2)[nH]c2ccc(F)c(F)c12.CC=C(C)C. The van der Waals surface area contributed by atoms with Crippen molar-refractivity contribution < 1.29 is 22.0 Å². The molecule has 0 saturated heterocycles. The standard InChI is InChI=1S/C21H23F2N3O3S.C5H10/c1-13(2)12-14(3)30(28,29)20-17-16(7-6-15(22)18(17)23)25-19(20)21(27)24-8-11-26-9-4-5-10-26;1-4-5(2)3/h4-7,9-10,12,14,25H,8,11H2,1-3H3,(H,24,27);4H,1-3H3. The van der Waals surface area contributed by atoms with Gasteiger partial charge in [0.05, 0.1) is 16.2 Å². The fourth-order valence-electron chi connectivity index (χ4n) is 3.29. The summed E-state index contributed by atoms with van der Waals surface area (Å²) in [6.07, 6.45) is 7.23. The molecule has 6 nitrogen and oxygen atoms in total. The van der Waals surface area contributed by atoms with Crippen LogP contribution in [0.15, 0.2) is 64.9 Å². The molecule has 35 heavy (non-hydrogen) atoms. The second-order valence-corrected chi connectivity index (χ2v) is 10.9. The van der Waals surface area contributed by atoms with E-state index in [1.54, 1.807) is 13.8 Å². The summed E-state index contributed by atoms with van der Waals surface area (Å²) in [4.78, 5) is 14.9. The quantitative estimate of drug-likeness (QED) is 0.399. The Morgan fingerprint density at radius 2 is 1.71 bits per heavy atom. The van der Waals surface area contributed by atoms with E-state index in [0.717, 1.165) is 11.6 Å². The molecule has 0 radical (unpaired) electrons. The summed E-state index contributed by atoms with van der Waals surface area (Å²) in [5.74, 6) is -3.20. The van der Waals surface area contributed by atoms with Gasteiger partial charge in [-0.1, -0.05) is 23.3 Å². The zero-order valence-electron chi connectivity index (χ0n) is 20.9. The van der Waals surface area contributed by atoms with Gasteiger partial charge in [-0.15, -0.1) is 0 Å². The Balaban J connectivity index is 0.000000784. The lowest BCUT2D eigenvalue weighted by Gasteiger charge is -2.12. The number of halogens is 2. The molecule has 1 atom stereocenters. The van der Waals surface area contributed by atoms with Crippen molar-refractivity contribution in [3.63, 3.8) is 0 Å². The van der Waals surface area contributed by atoms with Crippen LogP contribution in [-0.2, 0) is 16.4 Å². The van der Waals surface area contributed by atoms with Gasteiger partial charge in [0.15, 0.2) is 21.5 Å². The van der Waals surface area contributed by atoms with E-state index in [4.69, 9.17) is 0 Å². The number of carbonyl (C=O) groups excluding carboxylic acids is 1. The second-order valence-electron chi connectivity index (χ2n) is 8.65. The molecule has 0 fully saturated rings. The normalized spacial score (nSPS) is 11.9. The Kier molecular flexibility index (Phi) is 9.59. The Hall–Kier alpha value is -3.20. The van der Waals surface area contributed by atoms with E-state index in [1.807, 2.05) is 36.0 Å². The van der Waals surface area contributed by atoms with Crippen molar-refractivity contribution in [3.8, 4) is 0 Å². The molecule has 0 aliphatic rings. The Morgan fingerprint density at radius 1 is 1.11 bits per heavy atom. The maximum Gasteiger partial charge on any atom is 0.269 e. The Bertz CT molecular complexity index is 1330. The smallest absolute Gasteiger partial charge is 0.269 e. The number of aromatic amines is 1. The lowest BCUT2D eigenvalue weighted by Crippen LogP contribution is -2.29. The lowest BCUT2D eigenvalue weighted by atomic mass is 10.2. The van der Waals surface area contributed by atoms with Crippen LogP contribution in [0.2, 0.25) is 0 Å². The molecule has 0 saturated carbocycles. The summed E-state index contributed by atoms with van der Waals surface area (Å²) >= 11 is 0. The van der Waals surface area contributed by atoms with E-state index in [-0.39, 0.29) is 17.8 Å². The summed E-state index contributed by atoms with van der Waals surface area (Å²) in [5.41, 5.74) is 1.85. The van der Waals surface area contributed by atoms with Crippen LogP contribution >= 0.6 is 0 Å². The highest BCUT2D eigenvalue weighted by Crippen LogP contribution is 2.33. The van der Waals surface area contributed by atoms with Gasteiger partial charge in [-0.05, 0) is 65.8 Å². The van der Waals surface area contributed by atoms with Crippen LogP contribution < -0.4 is 5.32 Å². The number of nitrogens with zero attached hydrogens (tertiary/aromatic N) is 1. The molecule has 0 aliphatic carbocycles. The van der Waals surface area contributed by atoms with Gasteiger partial charge in [0.2, 0.25) is 0 Å². The number of H-pyrrole nitrogens is 1. The maximum atomic E-state index is 14.6. The second kappa shape index (κ2) is 12.0. The average Bonchev–Trinajstić information content (AvgIpc) is 3.44. The van der Waals surface area contributed by atoms with E-state index in [9.17, 15) is 22.0 Å².